The zero-order valence-corrected chi connectivity index (χ0v) is 11.3. The van der Waals surface area contributed by atoms with E-state index in [0.29, 0.717) is 5.92 Å². The topological polar surface area (TPSA) is 23.5 Å². The molecule has 1 heterocycles. The van der Waals surface area contributed by atoms with Crippen LogP contribution in [0.3, 0.4) is 0 Å². The van der Waals surface area contributed by atoms with E-state index in [1.54, 1.807) is 6.07 Å². The normalized spacial score (nSPS) is 25.3. The molecule has 2 nitrogen and oxygen atoms in total. The average Bonchev–Trinajstić information content (AvgIpc) is 2.36. The minimum Gasteiger partial charge on any atom is -0.393 e. The SMILES string of the molecule is CCC1CN(Cc2ccc(Cl)c(F)c2)CCC1O. The first-order valence-electron chi connectivity index (χ1n) is 6.44. The van der Waals surface area contributed by atoms with Crippen molar-refractivity contribution in [1.29, 1.82) is 0 Å². The van der Waals surface area contributed by atoms with E-state index in [9.17, 15) is 9.50 Å². The lowest BCUT2D eigenvalue weighted by atomic mass is 9.92. The second kappa shape index (κ2) is 6.00. The highest BCUT2D eigenvalue weighted by Gasteiger charge is 2.26. The second-order valence-corrected chi connectivity index (χ2v) is 5.42. The van der Waals surface area contributed by atoms with Crippen molar-refractivity contribution in [1.82, 2.24) is 4.90 Å². The standard InChI is InChI=1S/C14H19ClFNO/c1-2-11-9-17(6-5-14(11)18)8-10-3-4-12(15)13(16)7-10/h3-4,7,11,14,18H,2,5-6,8-9H2,1H3. The zero-order chi connectivity index (χ0) is 13.1. The smallest absolute Gasteiger partial charge is 0.142 e. The lowest BCUT2D eigenvalue weighted by Gasteiger charge is -2.35. The van der Waals surface area contributed by atoms with Gasteiger partial charge in [-0.1, -0.05) is 24.6 Å². The van der Waals surface area contributed by atoms with Crippen molar-refractivity contribution in [3.8, 4) is 0 Å². The molecule has 18 heavy (non-hydrogen) atoms. The predicted molar refractivity (Wildman–Crippen MR) is 71.1 cm³/mol. The Bertz CT molecular complexity index is 413. The number of hydrogen-bond donors (Lipinski definition) is 1. The van der Waals surface area contributed by atoms with Gasteiger partial charge in [0, 0.05) is 19.6 Å². The summed E-state index contributed by atoms with van der Waals surface area (Å²) in [5, 5.41) is 10.00. The summed E-state index contributed by atoms with van der Waals surface area (Å²) in [6, 6.07) is 4.95. The maximum Gasteiger partial charge on any atom is 0.142 e. The Balaban J connectivity index is 1.99. The first-order chi connectivity index (χ1) is 8.60. The maximum atomic E-state index is 13.3. The zero-order valence-electron chi connectivity index (χ0n) is 10.6. The van der Waals surface area contributed by atoms with E-state index in [-0.39, 0.29) is 16.9 Å². The van der Waals surface area contributed by atoms with E-state index < -0.39 is 0 Å². The van der Waals surface area contributed by atoms with Gasteiger partial charge < -0.3 is 5.11 Å². The van der Waals surface area contributed by atoms with Crippen LogP contribution in [0.5, 0.6) is 0 Å². The number of aliphatic hydroxyl groups excluding tert-OH is 1. The van der Waals surface area contributed by atoms with Crippen molar-refractivity contribution in [2.24, 2.45) is 5.92 Å². The molecule has 2 rings (SSSR count). The van der Waals surface area contributed by atoms with E-state index >= 15 is 0 Å². The van der Waals surface area contributed by atoms with Gasteiger partial charge in [0.15, 0.2) is 0 Å². The molecule has 0 amide bonds. The Morgan fingerprint density at radius 2 is 2.28 bits per heavy atom. The number of aliphatic hydroxyl groups is 1. The van der Waals surface area contributed by atoms with E-state index in [2.05, 4.69) is 11.8 Å². The molecule has 4 heteroatoms. The highest BCUT2D eigenvalue weighted by atomic mass is 35.5. The van der Waals surface area contributed by atoms with Gasteiger partial charge in [0.2, 0.25) is 0 Å². The van der Waals surface area contributed by atoms with Crippen LogP contribution >= 0.6 is 11.6 Å². The van der Waals surface area contributed by atoms with Gasteiger partial charge in [-0.3, -0.25) is 4.90 Å². The summed E-state index contributed by atoms with van der Waals surface area (Å²) in [6.07, 6.45) is 1.59. The van der Waals surface area contributed by atoms with E-state index in [0.717, 1.165) is 38.0 Å². The number of halogens is 2. The number of likely N-dealkylation sites (tertiary alicyclic amines) is 1. The largest absolute Gasteiger partial charge is 0.393 e. The van der Waals surface area contributed by atoms with Gasteiger partial charge in [-0.25, -0.2) is 4.39 Å². The van der Waals surface area contributed by atoms with Gasteiger partial charge in [0.1, 0.15) is 5.82 Å². The molecule has 1 N–H and O–H groups in total. The fourth-order valence-corrected chi connectivity index (χ4v) is 2.65. The summed E-state index contributed by atoms with van der Waals surface area (Å²) in [7, 11) is 0. The van der Waals surface area contributed by atoms with Crippen molar-refractivity contribution >= 4 is 11.6 Å². The van der Waals surface area contributed by atoms with Crippen molar-refractivity contribution in [2.45, 2.75) is 32.4 Å². The molecule has 1 fully saturated rings. The summed E-state index contributed by atoms with van der Waals surface area (Å²) < 4.78 is 13.3. The van der Waals surface area contributed by atoms with Crippen LogP contribution in [0.25, 0.3) is 0 Å². The van der Waals surface area contributed by atoms with Crippen LogP contribution in [-0.4, -0.2) is 29.2 Å². The Kier molecular flexibility index (Phi) is 4.60. The average molecular weight is 272 g/mol. The highest BCUT2D eigenvalue weighted by molar-refractivity contribution is 6.30. The fourth-order valence-electron chi connectivity index (χ4n) is 2.54. The van der Waals surface area contributed by atoms with E-state index in [1.165, 1.54) is 6.07 Å². The third kappa shape index (κ3) is 3.22. The third-order valence-corrected chi connectivity index (χ3v) is 4.00. The molecule has 0 aromatic heterocycles. The molecule has 2 atom stereocenters. The number of piperidine rings is 1. The summed E-state index contributed by atoms with van der Waals surface area (Å²) >= 11 is 5.67. The first-order valence-corrected chi connectivity index (χ1v) is 6.82. The molecule has 2 unspecified atom stereocenters. The van der Waals surface area contributed by atoms with Crippen molar-refractivity contribution in [2.75, 3.05) is 13.1 Å². The third-order valence-electron chi connectivity index (χ3n) is 3.69. The van der Waals surface area contributed by atoms with Crippen LogP contribution in [-0.2, 0) is 6.54 Å². The predicted octanol–water partition coefficient (Wildman–Crippen LogP) is 3.07. The summed E-state index contributed by atoms with van der Waals surface area (Å²) in [5.74, 6) is -0.0332. The van der Waals surface area contributed by atoms with Gasteiger partial charge in [0.05, 0.1) is 11.1 Å². The number of nitrogens with zero attached hydrogens (tertiary/aromatic N) is 1. The quantitative estimate of drug-likeness (QED) is 0.913. The van der Waals surface area contributed by atoms with Crippen molar-refractivity contribution in [3.63, 3.8) is 0 Å². The Labute approximate surface area is 112 Å². The van der Waals surface area contributed by atoms with Crippen LogP contribution in [0.15, 0.2) is 18.2 Å². The van der Waals surface area contributed by atoms with Crippen LogP contribution in [0, 0.1) is 11.7 Å². The lowest BCUT2D eigenvalue weighted by molar-refractivity contribution is 0.0221. The van der Waals surface area contributed by atoms with Gasteiger partial charge in [-0.2, -0.15) is 0 Å². The molecular weight excluding hydrogens is 253 g/mol. The molecule has 100 valence electrons. The van der Waals surface area contributed by atoms with Crippen LogP contribution in [0.2, 0.25) is 5.02 Å². The minimum atomic E-state index is -0.363. The van der Waals surface area contributed by atoms with Gasteiger partial charge >= 0.3 is 0 Å². The number of rotatable bonds is 3. The fraction of sp³-hybridized carbons (Fsp3) is 0.571. The molecule has 1 aliphatic heterocycles. The van der Waals surface area contributed by atoms with Crippen molar-refractivity contribution in [3.05, 3.63) is 34.6 Å². The molecule has 1 aliphatic rings. The number of hydrogen-bond acceptors (Lipinski definition) is 2. The molecule has 0 bridgehead atoms. The first kappa shape index (κ1) is 13.8. The van der Waals surface area contributed by atoms with Gasteiger partial charge in [0.25, 0.3) is 0 Å². The minimum absolute atomic E-state index is 0.166. The molecular formula is C14H19ClFNO. The highest BCUT2D eigenvalue weighted by Crippen LogP contribution is 2.22. The summed E-state index contributed by atoms with van der Waals surface area (Å²) in [6.45, 7) is 4.56. The lowest BCUT2D eigenvalue weighted by Crippen LogP contribution is -2.42. The Morgan fingerprint density at radius 3 is 2.94 bits per heavy atom. The van der Waals surface area contributed by atoms with E-state index in [1.807, 2.05) is 6.07 Å². The van der Waals surface area contributed by atoms with Crippen LogP contribution in [0.1, 0.15) is 25.3 Å². The molecule has 0 saturated carbocycles. The summed E-state index contributed by atoms with van der Waals surface area (Å²) in [4.78, 5) is 2.27. The Morgan fingerprint density at radius 1 is 1.50 bits per heavy atom. The maximum absolute atomic E-state index is 13.3. The monoisotopic (exact) mass is 271 g/mol. The molecule has 0 spiro atoms. The van der Waals surface area contributed by atoms with Gasteiger partial charge in [-0.15, -0.1) is 0 Å². The molecule has 1 saturated heterocycles. The van der Waals surface area contributed by atoms with Crippen molar-refractivity contribution < 1.29 is 9.50 Å². The van der Waals surface area contributed by atoms with Gasteiger partial charge in [-0.05, 0) is 36.5 Å². The van der Waals surface area contributed by atoms with Crippen LogP contribution < -0.4 is 0 Å². The molecule has 0 aliphatic carbocycles. The van der Waals surface area contributed by atoms with Crippen LogP contribution in [0.4, 0.5) is 4.39 Å². The molecule has 1 aromatic rings. The summed E-state index contributed by atoms with van der Waals surface area (Å²) in [5.41, 5.74) is 0.933. The Hall–Kier alpha value is -0.640. The molecule has 1 aromatic carbocycles. The number of benzene rings is 1. The van der Waals surface area contributed by atoms with E-state index in [4.69, 9.17) is 11.6 Å². The molecule has 0 radical (unpaired) electrons. The second-order valence-electron chi connectivity index (χ2n) is 5.01.